The first-order valence-corrected chi connectivity index (χ1v) is 7.01. The Labute approximate surface area is 133 Å². The van der Waals surface area contributed by atoms with E-state index in [1.807, 2.05) is 31.2 Å². The van der Waals surface area contributed by atoms with Gasteiger partial charge in [0.15, 0.2) is 0 Å². The molecule has 4 N–H and O–H groups in total. The Kier molecular flexibility index (Phi) is 5.09. The summed E-state index contributed by atoms with van der Waals surface area (Å²) in [4.78, 5) is 34.5. The van der Waals surface area contributed by atoms with Gasteiger partial charge in [0.1, 0.15) is 0 Å². The molecule has 0 fully saturated rings. The van der Waals surface area contributed by atoms with Crippen molar-refractivity contribution in [2.45, 2.75) is 13.5 Å². The van der Waals surface area contributed by atoms with Gasteiger partial charge in [0.2, 0.25) is 0 Å². The molecule has 0 aliphatic carbocycles. The second-order valence-electron chi connectivity index (χ2n) is 5.04. The summed E-state index contributed by atoms with van der Waals surface area (Å²) < 4.78 is 0. The number of carbonyl (C=O) groups excluding carboxylic acids is 3. The largest absolute Gasteiger partial charge is 0.361 e. The highest BCUT2D eigenvalue weighted by Crippen LogP contribution is 2.15. The number of nitrogens with two attached hydrogens (primary N) is 1. The van der Waals surface area contributed by atoms with Crippen molar-refractivity contribution in [1.82, 2.24) is 5.32 Å². The van der Waals surface area contributed by atoms with E-state index in [0.717, 1.165) is 11.1 Å². The van der Waals surface area contributed by atoms with Gasteiger partial charge in [-0.1, -0.05) is 42.0 Å². The number of rotatable bonds is 4. The van der Waals surface area contributed by atoms with Crippen LogP contribution in [0.15, 0.2) is 48.5 Å². The van der Waals surface area contributed by atoms with E-state index in [0.29, 0.717) is 6.54 Å². The first-order valence-electron chi connectivity index (χ1n) is 7.01. The maximum atomic E-state index is 12.3. The van der Waals surface area contributed by atoms with E-state index in [-0.39, 0.29) is 17.2 Å². The predicted molar refractivity (Wildman–Crippen MR) is 86.6 cm³/mol. The van der Waals surface area contributed by atoms with Crippen molar-refractivity contribution in [2.75, 3.05) is 5.32 Å². The van der Waals surface area contributed by atoms with E-state index in [1.54, 1.807) is 18.2 Å². The summed E-state index contributed by atoms with van der Waals surface area (Å²) in [5.41, 5.74) is 7.47. The maximum absolute atomic E-state index is 12.3. The third-order valence-electron chi connectivity index (χ3n) is 3.18. The molecule has 0 saturated heterocycles. The summed E-state index contributed by atoms with van der Waals surface area (Å²) >= 11 is 0. The lowest BCUT2D eigenvalue weighted by Gasteiger charge is -2.11. The lowest BCUT2D eigenvalue weighted by molar-refractivity contribution is -0.134. The highest BCUT2D eigenvalue weighted by atomic mass is 16.2. The third-order valence-corrected chi connectivity index (χ3v) is 3.18. The number of amides is 3. The zero-order chi connectivity index (χ0) is 16.8. The molecule has 0 aromatic heterocycles. The fraction of sp³-hybridized carbons (Fsp3) is 0.118. The van der Waals surface area contributed by atoms with Crippen LogP contribution in [-0.2, 0) is 16.1 Å². The minimum Gasteiger partial charge on any atom is -0.361 e. The highest BCUT2D eigenvalue weighted by Gasteiger charge is 2.15. The van der Waals surface area contributed by atoms with Gasteiger partial charge in [-0.3, -0.25) is 14.4 Å². The summed E-state index contributed by atoms with van der Waals surface area (Å²) in [7, 11) is 0. The Hall–Kier alpha value is -3.15. The number of carbonyl (C=O) groups is 3. The molecule has 2 aromatic rings. The van der Waals surface area contributed by atoms with Gasteiger partial charge in [0, 0.05) is 6.54 Å². The number of anilines is 1. The van der Waals surface area contributed by atoms with Crippen LogP contribution in [0.4, 0.5) is 5.69 Å². The monoisotopic (exact) mass is 311 g/mol. The van der Waals surface area contributed by atoms with Gasteiger partial charge in [-0.05, 0) is 24.6 Å². The number of primary amides is 1. The van der Waals surface area contributed by atoms with E-state index in [4.69, 9.17) is 5.73 Å². The molecule has 2 rings (SSSR count). The van der Waals surface area contributed by atoms with Crippen LogP contribution in [0, 0.1) is 6.92 Å². The van der Waals surface area contributed by atoms with Gasteiger partial charge in [-0.15, -0.1) is 0 Å². The zero-order valence-electron chi connectivity index (χ0n) is 12.6. The van der Waals surface area contributed by atoms with Gasteiger partial charge < -0.3 is 16.4 Å². The fourth-order valence-corrected chi connectivity index (χ4v) is 2.07. The Morgan fingerprint density at radius 2 is 1.78 bits per heavy atom. The lowest BCUT2D eigenvalue weighted by atomic mass is 10.1. The van der Waals surface area contributed by atoms with Crippen LogP contribution in [0.25, 0.3) is 0 Å². The van der Waals surface area contributed by atoms with Crippen LogP contribution in [0.5, 0.6) is 0 Å². The number of nitrogens with one attached hydrogen (secondary N) is 2. The summed E-state index contributed by atoms with van der Waals surface area (Å²) in [6, 6.07) is 14.2. The second-order valence-corrected chi connectivity index (χ2v) is 5.04. The van der Waals surface area contributed by atoms with E-state index in [2.05, 4.69) is 10.6 Å². The summed E-state index contributed by atoms with van der Waals surface area (Å²) in [5.74, 6) is -2.43. The molecule has 0 radical (unpaired) electrons. The number of para-hydroxylation sites is 1. The molecule has 0 spiro atoms. The van der Waals surface area contributed by atoms with Crippen molar-refractivity contribution >= 4 is 23.4 Å². The van der Waals surface area contributed by atoms with Crippen LogP contribution < -0.4 is 16.4 Å². The van der Waals surface area contributed by atoms with Gasteiger partial charge >= 0.3 is 11.8 Å². The molecule has 23 heavy (non-hydrogen) atoms. The molecule has 0 aliphatic rings. The number of hydrogen-bond acceptors (Lipinski definition) is 3. The summed E-state index contributed by atoms with van der Waals surface area (Å²) in [5, 5.41) is 5.10. The molecule has 0 aliphatic heterocycles. The third kappa shape index (κ3) is 4.41. The minimum atomic E-state index is -1.11. The molecule has 0 saturated carbocycles. The summed E-state index contributed by atoms with van der Waals surface area (Å²) in [6.07, 6.45) is 0. The van der Waals surface area contributed by atoms with E-state index >= 15 is 0 Å². The van der Waals surface area contributed by atoms with Gasteiger partial charge in [-0.25, -0.2) is 0 Å². The van der Waals surface area contributed by atoms with Crippen molar-refractivity contribution < 1.29 is 14.4 Å². The number of benzene rings is 2. The molecule has 2 aromatic carbocycles. The van der Waals surface area contributed by atoms with Crippen LogP contribution in [-0.4, -0.2) is 17.7 Å². The van der Waals surface area contributed by atoms with E-state index < -0.39 is 11.8 Å². The molecule has 0 heterocycles. The lowest BCUT2D eigenvalue weighted by Crippen LogP contribution is -2.31. The Morgan fingerprint density at radius 1 is 1.04 bits per heavy atom. The van der Waals surface area contributed by atoms with E-state index in [9.17, 15) is 14.4 Å². The quantitative estimate of drug-likeness (QED) is 0.743. The normalized spacial score (nSPS) is 9.96. The van der Waals surface area contributed by atoms with Crippen molar-refractivity contribution in [3.63, 3.8) is 0 Å². The van der Waals surface area contributed by atoms with Crippen molar-refractivity contribution in [2.24, 2.45) is 5.73 Å². The molecular weight excluding hydrogens is 294 g/mol. The Balaban J connectivity index is 2.10. The molecule has 6 heteroatoms. The first kappa shape index (κ1) is 16.2. The molecule has 118 valence electrons. The van der Waals surface area contributed by atoms with Crippen LogP contribution in [0.1, 0.15) is 21.5 Å². The summed E-state index contributed by atoms with van der Waals surface area (Å²) in [6.45, 7) is 2.33. The topological polar surface area (TPSA) is 101 Å². The molecule has 0 unspecified atom stereocenters. The zero-order valence-corrected chi connectivity index (χ0v) is 12.6. The Bertz CT molecular complexity index is 756. The average Bonchev–Trinajstić information content (AvgIpc) is 2.53. The average molecular weight is 311 g/mol. The molecular formula is C17H17N3O3. The standard InChI is InChI=1S/C17H17N3O3/c1-11-5-4-6-12(9-11)10-19-16(22)13-7-2-3-8-14(13)20-17(23)15(18)21/h2-9H,10H2,1H3,(H2,18,21)(H,19,22)(H,20,23). The van der Waals surface area contributed by atoms with Crippen LogP contribution >= 0.6 is 0 Å². The highest BCUT2D eigenvalue weighted by molar-refractivity contribution is 6.39. The van der Waals surface area contributed by atoms with Gasteiger partial charge in [-0.2, -0.15) is 0 Å². The number of aryl methyl sites for hydroxylation is 1. The Morgan fingerprint density at radius 3 is 2.48 bits per heavy atom. The van der Waals surface area contributed by atoms with Crippen LogP contribution in [0.3, 0.4) is 0 Å². The number of hydrogen-bond donors (Lipinski definition) is 3. The minimum absolute atomic E-state index is 0.234. The van der Waals surface area contributed by atoms with Gasteiger partial charge in [0.25, 0.3) is 5.91 Å². The molecule has 3 amide bonds. The molecule has 0 atom stereocenters. The van der Waals surface area contributed by atoms with Crippen molar-refractivity contribution in [3.8, 4) is 0 Å². The smallest absolute Gasteiger partial charge is 0.313 e. The second kappa shape index (κ2) is 7.22. The SMILES string of the molecule is Cc1cccc(CNC(=O)c2ccccc2NC(=O)C(N)=O)c1. The first-order chi connectivity index (χ1) is 11.0. The molecule has 6 nitrogen and oxygen atoms in total. The van der Waals surface area contributed by atoms with Gasteiger partial charge in [0.05, 0.1) is 11.3 Å². The van der Waals surface area contributed by atoms with Crippen molar-refractivity contribution in [1.29, 1.82) is 0 Å². The maximum Gasteiger partial charge on any atom is 0.313 e. The molecule has 0 bridgehead atoms. The predicted octanol–water partition coefficient (Wildman–Crippen LogP) is 1.35. The van der Waals surface area contributed by atoms with Crippen molar-refractivity contribution in [3.05, 3.63) is 65.2 Å². The van der Waals surface area contributed by atoms with Crippen LogP contribution in [0.2, 0.25) is 0 Å². The van der Waals surface area contributed by atoms with E-state index in [1.165, 1.54) is 6.07 Å². The fourth-order valence-electron chi connectivity index (χ4n) is 2.07.